The molecule has 0 spiro atoms. The van der Waals surface area contributed by atoms with Gasteiger partial charge in [0.05, 0.1) is 10.6 Å². The van der Waals surface area contributed by atoms with Crippen molar-refractivity contribution in [1.29, 1.82) is 5.26 Å². The van der Waals surface area contributed by atoms with Gasteiger partial charge >= 0.3 is 0 Å². The molecule has 2 rings (SSSR count). The fourth-order valence-electron chi connectivity index (χ4n) is 1.54. The number of hydrogen-bond donors (Lipinski definition) is 1. The maximum absolute atomic E-state index is 13.1. The zero-order valence-electron chi connectivity index (χ0n) is 9.86. The number of nitrogen functional groups attached to an aromatic ring is 1. The number of anilines is 1. The number of halogens is 2. The van der Waals surface area contributed by atoms with Gasteiger partial charge in [-0.05, 0) is 35.9 Å². The molecule has 0 aromatic heterocycles. The van der Waals surface area contributed by atoms with Crippen LogP contribution >= 0.6 is 11.6 Å². The first-order valence-electron chi connectivity index (χ1n) is 5.46. The molecular formula is C14H10ClFN2O. The lowest BCUT2D eigenvalue weighted by Crippen LogP contribution is -1.98. The van der Waals surface area contributed by atoms with Gasteiger partial charge in [0.25, 0.3) is 0 Å². The summed E-state index contributed by atoms with van der Waals surface area (Å²) >= 11 is 5.96. The van der Waals surface area contributed by atoms with Crippen LogP contribution in [0.25, 0.3) is 0 Å². The fourth-order valence-corrected chi connectivity index (χ4v) is 1.79. The minimum absolute atomic E-state index is 0.00972. The summed E-state index contributed by atoms with van der Waals surface area (Å²) < 4.78 is 18.6. The third kappa shape index (κ3) is 3.15. The van der Waals surface area contributed by atoms with Crippen LogP contribution in [0.4, 0.5) is 10.1 Å². The molecule has 0 unspecified atom stereocenters. The summed E-state index contributed by atoms with van der Waals surface area (Å²) in [6.07, 6.45) is 0. The van der Waals surface area contributed by atoms with E-state index in [1.807, 2.05) is 0 Å². The monoisotopic (exact) mass is 276 g/mol. The molecule has 0 saturated carbocycles. The molecule has 0 saturated heterocycles. The second kappa shape index (κ2) is 5.59. The number of rotatable bonds is 3. The van der Waals surface area contributed by atoms with Crippen molar-refractivity contribution in [2.45, 2.75) is 6.61 Å². The molecule has 5 heteroatoms. The minimum Gasteiger partial charge on any atom is -0.487 e. The molecule has 0 fully saturated rings. The van der Waals surface area contributed by atoms with Gasteiger partial charge in [-0.25, -0.2) is 4.39 Å². The lowest BCUT2D eigenvalue weighted by molar-refractivity contribution is 0.306. The SMILES string of the molecule is N#Cc1cc(COc2ccc(N)cc2Cl)ccc1F. The predicted octanol–water partition coefficient (Wildman–Crippen LogP) is 3.51. The van der Waals surface area contributed by atoms with Gasteiger partial charge in [0, 0.05) is 5.69 Å². The van der Waals surface area contributed by atoms with E-state index in [1.165, 1.54) is 12.1 Å². The Morgan fingerprint density at radius 3 is 2.74 bits per heavy atom. The summed E-state index contributed by atoms with van der Waals surface area (Å²) in [5.74, 6) is -0.0598. The van der Waals surface area contributed by atoms with E-state index in [9.17, 15) is 4.39 Å². The van der Waals surface area contributed by atoms with E-state index < -0.39 is 5.82 Å². The zero-order chi connectivity index (χ0) is 13.8. The van der Waals surface area contributed by atoms with Crippen LogP contribution in [-0.4, -0.2) is 0 Å². The van der Waals surface area contributed by atoms with Crippen LogP contribution in [0.3, 0.4) is 0 Å². The largest absolute Gasteiger partial charge is 0.487 e. The number of ether oxygens (including phenoxy) is 1. The topological polar surface area (TPSA) is 59.0 Å². The highest BCUT2D eigenvalue weighted by molar-refractivity contribution is 6.32. The highest BCUT2D eigenvalue weighted by Gasteiger charge is 2.05. The Bertz CT molecular complexity index is 652. The average molecular weight is 277 g/mol. The van der Waals surface area contributed by atoms with Crippen molar-refractivity contribution in [3.63, 3.8) is 0 Å². The molecule has 0 amide bonds. The summed E-state index contributed by atoms with van der Waals surface area (Å²) in [5.41, 5.74) is 6.79. The van der Waals surface area contributed by atoms with Gasteiger partial charge in [-0.3, -0.25) is 0 Å². The van der Waals surface area contributed by atoms with E-state index in [2.05, 4.69) is 0 Å². The Kier molecular flexibility index (Phi) is 3.88. The molecule has 0 aliphatic heterocycles. The van der Waals surface area contributed by atoms with Gasteiger partial charge in [-0.1, -0.05) is 17.7 Å². The summed E-state index contributed by atoms with van der Waals surface area (Å²) in [4.78, 5) is 0. The molecular weight excluding hydrogens is 267 g/mol. The van der Waals surface area contributed by atoms with Crippen LogP contribution in [0.2, 0.25) is 5.02 Å². The third-order valence-corrected chi connectivity index (χ3v) is 2.80. The standard InChI is InChI=1S/C14H10ClFN2O/c15-12-6-11(18)2-4-14(12)19-8-9-1-3-13(16)10(5-9)7-17/h1-6H,8,18H2. The first-order chi connectivity index (χ1) is 9.10. The molecule has 2 aromatic rings. The smallest absolute Gasteiger partial charge is 0.140 e. The first kappa shape index (κ1) is 13.2. The molecule has 3 nitrogen and oxygen atoms in total. The molecule has 0 heterocycles. The van der Waals surface area contributed by atoms with Gasteiger partial charge in [0.2, 0.25) is 0 Å². The van der Waals surface area contributed by atoms with Gasteiger partial charge < -0.3 is 10.5 Å². The second-order valence-corrected chi connectivity index (χ2v) is 4.31. The van der Waals surface area contributed by atoms with Gasteiger partial charge in [-0.2, -0.15) is 5.26 Å². The van der Waals surface area contributed by atoms with E-state index in [4.69, 9.17) is 27.3 Å². The van der Waals surface area contributed by atoms with Crippen molar-refractivity contribution < 1.29 is 9.13 Å². The van der Waals surface area contributed by atoms with E-state index in [-0.39, 0.29) is 12.2 Å². The predicted molar refractivity (Wildman–Crippen MR) is 71.3 cm³/mol. The van der Waals surface area contributed by atoms with Crippen LogP contribution in [0.1, 0.15) is 11.1 Å². The Morgan fingerprint density at radius 1 is 1.26 bits per heavy atom. The molecule has 0 bridgehead atoms. The molecule has 0 radical (unpaired) electrons. The van der Waals surface area contributed by atoms with Gasteiger partial charge in [-0.15, -0.1) is 0 Å². The van der Waals surface area contributed by atoms with Gasteiger partial charge in [0.1, 0.15) is 24.2 Å². The number of hydrogen-bond acceptors (Lipinski definition) is 3. The van der Waals surface area contributed by atoms with Gasteiger partial charge in [0.15, 0.2) is 0 Å². The summed E-state index contributed by atoms with van der Waals surface area (Å²) in [6.45, 7) is 0.193. The lowest BCUT2D eigenvalue weighted by atomic mass is 10.1. The Labute approximate surface area is 115 Å². The molecule has 96 valence electrons. The molecule has 2 aromatic carbocycles. The summed E-state index contributed by atoms with van der Waals surface area (Å²) in [7, 11) is 0. The first-order valence-corrected chi connectivity index (χ1v) is 5.84. The highest BCUT2D eigenvalue weighted by atomic mass is 35.5. The van der Waals surface area contributed by atoms with Crippen LogP contribution in [0.5, 0.6) is 5.75 Å². The molecule has 2 N–H and O–H groups in total. The number of nitrogens with two attached hydrogens (primary N) is 1. The summed E-state index contributed by atoms with van der Waals surface area (Å²) in [5, 5.41) is 9.14. The minimum atomic E-state index is -0.545. The second-order valence-electron chi connectivity index (χ2n) is 3.90. The van der Waals surface area contributed by atoms with Crippen molar-refractivity contribution in [3.8, 4) is 11.8 Å². The van der Waals surface area contributed by atoms with E-state index >= 15 is 0 Å². The third-order valence-electron chi connectivity index (χ3n) is 2.50. The fraction of sp³-hybridized carbons (Fsp3) is 0.0714. The van der Waals surface area contributed by atoms with Crippen LogP contribution in [-0.2, 0) is 6.61 Å². The number of nitrogens with zero attached hydrogens (tertiary/aromatic N) is 1. The Hall–Kier alpha value is -2.25. The van der Waals surface area contributed by atoms with E-state index in [0.29, 0.717) is 22.0 Å². The van der Waals surface area contributed by atoms with Crippen molar-refractivity contribution in [2.75, 3.05) is 5.73 Å². The van der Waals surface area contributed by atoms with Crippen molar-refractivity contribution in [3.05, 3.63) is 58.4 Å². The molecule has 19 heavy (non-hydrogen) atoms. The summed E-state index contributed by atoms with van der Waals surface area (Å²) in [6, 6.07) is 10.9. The van der Waals surface area contributed by atoms with Crippen molar-refractivity contribution in [2.24, 2.45) is 0 Å². The molecule has 0 aliphatic rings. The number of benzene rings is 2. The molecule has 0 aliphatic carbocycles. The van der Waals surface area contributed by atoms with E-state index in [1.54, 1.807) is 30.3 Å². The van der Waals surface area contributed by atoms with Crippen molar-refractivity contribution in [1.82, 2.24) is 0 Å². The Balaban J connectivity index is 2.13. The number of nitriles is 1. The maximum atomic E-state index is 13.1. The van der Waals surface area contributed by atoms with E-state index in [0.717, 1.165) is 0 Å². The average Bonchev–Trinajstić information content (AvgIpc) is 2.39. The molecule has 0 atom stereocenters. The van der Waals surface area contributed by atoms with Crippen molar-refractivity contribution >= 4 is 17.3 Å². The zero-order valence-corrected chi connectivity index (χ0v) is 10.6. The van der Waals surface area contributed by atoms with Crippen LogP contribution in [0.15, 0.2) is 36.4 Å². The van der Waals surface area contributed by atoms with Crippen LogP contribution < -0.4 is 10.5 Å². The normalized spacial score (nSPS) is 9.95. The van der Waals surface area contributed by atoms with Crippen LogP contribution in [0, 0.1) is 17.1 Å². The highest BCUT2D eigenvalue weighted by Crippen LogP contribution is 2.27. The Morgan fingerprint density at radius 2 is 2.05 bits per heavy atom. The lowest BCUT2D eigenvalue weighted by Gasteiger charge is -2.09. The maximum Gasteiger partial charge on any atom is 0.140 e. The quantitative estimate of drug-likeness (QED) is 0.873.